The Morgan fingerprint density at radius 1 is 1.48 bits per heavy atom. The highest BCUT2D eigenvalue weighted by Crippen LogP contribution is 2.13. The first-order valence-corrected chi connectivity index (χ1v) is 7.03. The van der Waals surface area contributed by atoms with Crippen LogP contribution in [0, 0.1) is 5.82 Å². The van der Waals surface area contributed by atoms with Crippen LogP contribution in [0.3, 0.4) is 0 Å². The first-order chi connectivity index (χ1) is 9.95. The van der Waals surface area contributed by atoms with Gasteiger partial charge in [-0.2, -0.15) is 0 Å². The molecule has 0 bridgehead atoms. The van der Waals surface area contributed by atoms with E-state index in [4.69, 9.17) is 0 Å². The summed E-state index contributed by atoms with van der Waals surface area (Å²) < 4.78 is 26.7. The van der Waals surface area contributed by atoms with Crippen molar-refractivity contribution in [3.63, 3.8) is 0 Å². The molecule has 0 spiro atoms. The Morgan fingerprint density at radius 2 is 2.24 bits per heavy atom. The van der Waals surface area contributed by atoms with Crippen molar-refractivity contribution in [3.8, 4) is 0 Å². The van der Waals surface area contributed by atoms with Crippen LogP contribution >= 0.6 is 0 Å². The normalized spacial score (nSPS) is 21.8. The van der Waals surface area contributed by atoms with Crippen molar-refractivity contribution in [1.82, 2.24) is 15.5 Å². The molecule has 116 valence electrons. The molecular formula is C15H21F2N3O. The Labute approximate surface area is 123 Å². The van der Waals surface area contributed by atoms with Gasteiger partial charge < -0.3 is 15.5 Å². The van der Waals surface area contributed by atoms with Gasteiger partial charge in [0.2, 0.25) is 5.91 Å². The van der Waals surface area contributed by atoms with Crippen molar-refractivity contribution >= 4 is 5.91 Å². The molecule has 0 unspecified atom stereocenters. The summed E-state index contributed by atoms with van der Waals surface area (Å²) in [7, 11) is 3.74. The van der Waals surface area contributed by atoms with Gasteiger partial charge in [-0.15, -0.1) is 0 Å². The fourth-order valence-electron chi connectivity index (χ4n) is 2.40. The lowest BCUT2D eigenvalue weighted by molar-refractivity contribution is -0.123. The Kier molecular flexibility index (Phi) is 5.25. The number of rotatable bonds is 5. The number of amides is 1. The van der Waals surface area contributed by atoms with Gasteiger partial charge in [0.1, 0.15) is 12.0 Å². The van der Waals surface area contributed by atoms with E-state index in [0.717, 1.165) is 5.56 Å². The van der Waals surface area contributed by atoms with Gasteiger partial charge in [-0.25, -0.2) is 8.78 Å². The lowest BCUT2D eigenvalue weighted by Gasteiger charge is -2.14. The van der Waals surface area contributed by atoms with E-state index in [1.807, 2.05) is 19.0 Å². The smallest absolute Gasteiger partial charge is 0.237 e. The van der Waals surface area contributed by atoms with Gasteiger partial charge in [-0.3, -0.25) is 4.79 Å². The first kappa shape index (κ1) is 15.9. The van der Waals surface area contributed by atoms with Crippen LogP contribution in [0.25, 0.3) is 0 Å². The van der Waals surface area contributed by atoms with E-state index in [2.05, 4.69) is 10.6 Å². The minimum atomic E-state index is -0.960. The largest absolute Gasteiger partial charge is 0.351 e. The predicted octanol–water partition coefficient (Wildman–Crippen LogP) is 1.20. The second-order valence-corrected chi connectivity index (χ2v) is 5.68. The van der Waals surface area contributed by atoms with E-state index in [1.165, 1.54) is 6.07 Å². The molecule has 2 rings (SSSR count). The summed E-state index contributed by atoms with van der Waals surface area (Å²) in [6.07, 6.45) is -0.750. The molecule has 1 saturated heterocycles. The first-order valence-electron chi connectivity index (χ1n) is 7.03. The van der Waals surface area contributed by atoms with Gasteiger partial charge in [0.05, 0.1) is 6.04 Å². The lowest BCUT2D eigenvalue weighted by Crippen LogP contribution is -2.40. The summed E-state index contributed by atoms with van der Waals surface area (Å²) >= 11 is 0. The van der Waals surface area contributed by atoms with Crippen molar-refractivity contribution < 1.29 is 13.6 Å². The van der Waals surface area contributed by atoms with Crippen molar-refractivity contribution in [1.29, 1.82) is 0 Å². The molecule has 0 saturated carbocycles. The van der Waals surface area contributed by atoms with Crippen LogP contribution in [0.2, 0.25) is 0 Å². The maximum absolute atomic E-state index is 13.7. The molecule has 1 fully saturated rings. The third-order valence-electron chi connectivity index (χ3n) is 3.46. The third-order valence-corrected chi connectivity index (χ3v) is 3.46. The number of hydrogen-bond acceptors (Lipinski definition) is 3. The number of hydrogen-bond donors (Lipinski definition) is 2. The molecule has 1 aliphatic rings. The molecule has 2 atom stereocenters. The highest BCUT2D eigenvalue weighted by Gasteiger charge is 2.28. The van der Waals surface area contributed by atoms with Crippen LogP contribution in [-0.2, 0) is 17.9 Å². The number of halogens is 2. The predicted molar refractivity (Wildman–Crippen MR) is 76.9 cm³/mol. The SMILES string of the molecule is CN(C)Cc1cc(CNC(=O)[C@H]2C[C@H](F)CN2)ccc1F. The van der Waals surface area contributed by atoms with Crippen molar-refractivity contribution in [2.75, 3.05) is 20.6 Å². The highest BCUT2D eigenvalue weighted by atomic mass is 19.1. The van der Waals surface area contributed by atoms with Gasteiger partial charge in [-0.1, -0.05) is 6.07 Å². The fraction of sp³-hybridized carbons (Fsp3) is 0.533. The van der Waals surface area contributed by atoms with Gasteiger partial charge in [0.15, 0.2) is 0 Å². The Bertz CT molecular complexity index is 508. The summed E-state index contributed by atoms with van der Waals surface area (Å²) in [5.74, 6) is -0.467. The molecule has 1 aromatic carbocycles. The third kappa shape index (κ3) is 4.47. The number of nitrogens with one attached hydrogen (secondary N) is 2. The quantitative estimate of drug-likeness (QED) is 0.858. The van der Waals surface area contributed by atoms with E-state index in [1.54, 1.807) is 12.1 Å². The summed E-state index contributed by atoms with van der Waals surface area (Å²) in [5.41, 5.74) is 1.42. The molecule has 6 heteroatoms. The van der Waals surface area contributed by atoms with E-state index in [9.17, 15) is 13.6 Å². The molecule has 21 heavy (non-hydrogen) atoms. The fourth-order valence-corrected chi connectivity index (χ4v) is 2.40. The Balaban J connectivity index is 1.92. The molecule has 1 amide bonds. The number of carbonyl (C=O) groups excluding carboxylic acids is 1. The van der Waals surface area contributed by atoms with Gasteiger partial charge >= 0.3 is 0 Å². The van der Waals surface area contributed by atoms with Crippen LogP contribution < -0.4 is 10.6 Å². The monoisotopic (exact) mass is 297 g/mol. The zero-order chi connectivity index (χ0) is 15.4. The van der Waals surface area contributed by atoms with Crippen molar-refractivity contribution in [2.24, 2.45) is 0 Å². The Hall–Kier alpha value is -1.53. The molecule has 2 N–H and O–H groups in total. The van der Waals surface area contributed by atoms with E-state index >= 15 is 0 Å². The molecule has 0 aliphatic carbocycles. The topological polar surface area (TPSA) is 44.4 Å². The van der Waals surface area contributed by atoms with Crippen LogP contribution in [-0.4, -0.2) is 43.7 Å². The van der Waals surface area contributed by atoms with Crippen LogP contribution in [0.5, 0.6) is 0 Å². The molecular weight excluding hydrogens is 276 g/mol. The summed E-state index contributed by atoms with van der Waals surface area (Å²) in [6, 6.07) is 4.33. The minimum absolute atomic E-state index is 0.209. The van der Waals surface area contributed by atoms with Crippen molar-refractivity contribution in [3.05, 3.63) is 35.1 Å². The minimum Gasteiger partial charge on any atom is -0.351 e. The van der Waals surface area contributed by atoms with Gasteiger partial charge in [0, 0.05) is 31.6 Å². The van der Waals surface area contributed by atoms with Gasteiger partial charge in [-0.05, 0) is 31.8 Å². The highest BCUT2D eigenvalue weighted by molar-refractivity contribution is 5.82. The second-order valence-electron chi connectivity index (χ2n) is 5.68. The zero-order valence-electron chi connectivity index (χ0n) is 12.3. The summed E-state index contributed by atoms with van der Waals surface area (Å²) in [6.45, 7) is 1.04. The van der Waals surface area contributed by atoms with E-state index in [-0.39, 0.29) is 24.7 Å². The molecule has 4 nitrogen and oxygen atoms in total. The maximum atomic E-state index is 13.7. The number of carbonyl (C=O) groups is 1. The van der Waals surface area contributed by atoms with Crippen LogP contribution in [0.4, 0.5) is 8.78 Å². The Morgan fingerprint density at radius 3 is 2.86 bits per heavy atom. The van der Waals surface area contributed by atoms with Crippen LogP contribution in [0.15, 0.2) is 18.2 Å². The van der Waals surface area contributed by atoms with Crippen molar-refractivity contribution in [2.45, 2.75) is 31.7 Å². The van der Waals surface area contributed by atoms with Crippen LogP contribution in [0.1, 0.15) is 17.5 Å². The summed E-state index contributed by atoms with van der Waals surface area (Å²) in [4.78, 5) is 13.8. The molecule has 1 aromatic rings. The number of alkyl halides is 1. The average Bonchev–Trinajstić information content (AvgIpc) is 2.85. The van der Waals surface area contributed by atoms with E-state index < -0.39 is 12.2 Å². The number of nitrogens with zero attached hydrogens (tertiary/aromatic N) is 1. The molecule has 0 radical (unpaired) electrons. The maximum Gasteiger partial charge on any atom is 0.237 e. The lowest BCUT2D eigenvalue weighted by atomic mass is 10.1. The number of benzene rings is 1. The zero-order valence-corrected chi connectivity index (χ0v) is 12.3. The molecule has 1 aliphatic heterocycles. The molecule has 1 heterocycles. The standard InChI is InChI=1S/C15H21F2N3O/c1-20(2)9-11-5-10(3-4-13(11)17)7-19-15(21)14-6-12(16)8-18-14/h3-5,12,14,18H,6-9H2,1-2H3,(H,19,21)/t12-,14+/m0/s1. The average molecular weight is 297 g/mol. The summed E-state index contributed by atoms with van der Waals surface area (Å²) in [5, 5.41) is 5.59. The molecule has 0 aromatic heterocycles. The van der Waals surface area contributed by atoms with E-state index in [0.29, 0.717) is 18.7 Å². The second kappa shape index (κ2) is 6.95. The van der Waals surface area contributed by atoms with Gasteiger partial charge in [0.25, 0.3) is 0 Å².